The third kappa shape index (κ3) is 29.9. The number of benzene rings is 5. The summed E-state index contributed by atoms with van der Waals surface area (Å²) >= 11 is 0. The van der Waals surface area contributed by atoms with Gasteiger partial charge in [-0.3, -0.25) is 24.5 Å². The summed E-state index contributed by atoms with van der Waals surface area (Å²) in [6.45, 7) is 35.6. The van der Waals surface area contributed by atoms with E-state index in [0.717, 1.165) is 230 Å². The maximum Gasteiger partial charge on any atom is 0.336 e. The molecule has 38 heteroatoms. The number of piperazine rings is 2. The minimum absolute atomic E-state index is 0.296. The number of aromatic nitrogens is 20. The van der Waals surface area contributed by atoms with Gasteiger partial charge in [0.25, 0.3) is 0 Å². The highest BCUT2D eigenvalue weighted by Crippen LogP contribution is 2.28. The van der Waals surface area contributed by atoms with Crippen molar-refractivity contribution >= 4 is 57.3 Å². The van der Waals surface area contributed by atoms with Crippen molar-refractivity contribution in [2.45, 2.75) is 196 Å². The van der Waals surface area contributed by atoms with Crippen LogP contribution < -0.4 is 57.7 Å². The minimum atomic E-state index is 0.296. The second kappa shape index (κ2) is 53.4. The molecule has 0 amide bonds. The normalized spacial score (nSPS) is 15.1. The van der Waals surface area contributed by atoms with E-state index in [1.165, 1.54) is 114 Å². The number of likely N-dealkylation sites (N-methyl/N-ethyl adjacent to an activating group) is 1. The third-order valence-electron chi connectivity index (χ3n) is 26.4. The van der Waals surface area contributed by atoms with Gasteiger partial charge in [0.05, 0.1) is 106 Å². The van der Waals surface area contributed by atoms with Crippen LogP contribution in [-0.4, -0.2) is 272 Å². The number of hydrogen-bond donors (Lipinski definition) is 6. The summed E-state index contributed by atoms with van der Waals surface area (Å²) < 4.78 is 42.5. The maximum atomic E-state index is 6.09. The standard InChI is InChI=1S/C22H31N7O.C22H30N6O.C21H29N7O.C21H28N6O2.C21H28N6O/c1-3-4-12-30-22-25-20(23)21-24-15-19(29(21)26-22)14-17-6-5-7-18(13-17)16-28-10-8-27(2)9-11-28;1-2-3-12-29-22-25-20(23)21-24-15-19(28(21)26-22)14-17-8-7-9-18(13-17)16-27-10-5-4-6-11-27;1-2-3-12-29-21-25-19(22)20-24-14-18(28(20)26-21)13-16-4-6-17(7-5-16)15-27-10-8-23-9-11-27;1-2-3-10-29-21-24-19(22)20-23-14-18(27(20)25-21)13-16-6-4-5-7-17(16)15-26-8-11-28-12-9-26;1-2-3-11-28-21-24-19(22)20-23-14-18(27(20)25-21)13-16-7-6-8-17(12-16)15-26-9-4-5-10-26/h5-7,13,15H,3-4,8-12,14,16H2,1-2H3,(H2,23,25,26);7-9,13,15H,2-6,10-12,14,16H2,1H3,(H2,23,25,26);4-7,14,23H,2-3,8-13,15H2,1H3,(H2,22,25,26);4-7,14H,2-3,8-13,15H2,1H3,(H2,22,24,25);6-8,12,14H,2-5,9-11,13,15H2,1H3,(H2,22,24,25). The lowest BCUT2D eigenvalue weighted by Gasteiger charge is -2.32. The van der Waals surface area contributed by atoms with Crippen LogP contribution >= 0.6 is 0 Å². The Kier molecular flexibility index (Phi) is 38.4. The monoisotopic (exact) mass is 1980 g/mol. The molecule has 770 valence electrons. The van der Waals surface area contributed by atoms with Crippen LogP contribution in [0.2, 0.25) is 0 Å². The first-order valence-corrected chi connectivity index (χ1v) is 52.2. The van der Waals surface area contributed by atoms with Gasteiger partial charge in [-0.25, -0.2) is 47.5 Å². The zero-order valence-corrected chi connectivity index (χ0v) is 85.4. The number of anilines is 5. The molecule has 0 unspecified atom stereocenters. The lowest BCUT2D eigenvalue weighted by molar-refractivity contribution is 0.0341. The molecule has 0 spiro atoms. The minimum Gasteiger partial charge on any atom is -0.462 e. The summed E-state index contributed by atoms with van der Waals surface area (Å²) in [7, 11) is 2.18. The zero-order valence-electron chi connectivity index (χ0n) is 85.4. The van der Waals surface area contributed by atoms with Gasteiger partial charge in [0.1, 0.15) is 0 Å². The fraction of sp³-hybridized carbons (Fsp3) is 0.486. The molecule has 5 saturated heterocycles. The van der Waals surface area contributed by atoms with E-state index in [9.17, 15) is 0 Å². The second-order valence-corrected chi connectivity index (χ2v) is 38.1. The smallest absolute Gasteiger partial charge is 0.336 e. The third-order valence-corrected chi connectivity index (χ3v) is 26.4. The quantitative estimate of drug-likeness (QED) is 0.0194. The van der Waals surface area contributed by atoms with Crippen LogP contribution in [0.15, 0.2) is 152 Å². The molecular weight excluding hydrogens is 1830 g/mol. The van der Waals surface area contributed by atoms with Crippen molar-refractivity contribution in [2.24, 2.45) is 0 Å². The number of morpholine rings is 1. The molecule has 15 aromatic rings. The van der Waals surface area contributed by atoms with Gasteiger partial charge in [0.15, 0.2) is 57.3 Å². The van der Waals surface area contributed by atoms with Crippen molar-refractivity contribution in [1.29, 1.82) is 0 Å². The highest BCUT2D eigenvalue weighted by atomic mass is 16.5. The Hall–Kier alpha value is -13.5. The first kappa shape index (κ1) is 104. The van der Waals surface area contributed by atoms with Gasteiger partial charge in [0.2, 0.25) is 0 Å². The summed E-state index contributed by atoms with van der Waals surface area (Å²) in [5.74, 6) is 1.70. The largest absolute Gasteiger partial charge is 0.462 e. The molecule has 145 heavy (non-hydrogen) atoms. The predicted molar refractivity (Wildman–Crippen MR) is 565 cm³/mol. The lowest BCUT2D eigenvalue weighted by Crippen LogP contribution is -2.43. The van der Waals surface area contributed by atoms with Gasteiger partial charge in [-0.15, -0.1) is 25.5 Å². The average Bonchev–Trinajstić information content (AvgIpc) is 1.62. The van der Waals surface area contributed by atoms with Crippen molar-refractivity contribution in [1.82, 2.24) is 133 Å². The Balaban J connectivity index is 0.000000130. The number of rotatable bonds is 40. The van der Waals surface area contributed by atoms with Gasteiger partial charge >= 0.3 is 30.1 Å². The number of nitrogens with one attached hydrogen (secondary N) is 1. The molecule has 0 radical (unpaired) electrons. The number of ether oxygens (including phenoxy) is 6. The molecule has 0 saturated carbocycles. The van der Waals surface area contributed by atoms with Gasteiger partial charge in [-0.2, -0.15) is 24.9 Å². The number of likely N-dealkylation sites (tertiary alicyclic amines) is 2. The molecule has 5 fully saturated rings. The van der Waals surface area contributed by atoms with Crippen LogP contribution in [0.4, 0.5) is 29.1 Å². The molecule has 0 atom stereocenters. The fourth-order valence-corrected chi connectivity index (χ4v) is 18.2. The fourth-order valence-electron chi connectivity index (χ4n) is 18.2. The molecule has 5 aliphatic heterocycles. The van der Waals surface area contributed by atoms with Gasteiger partial charge in [-0.1, -0.05) is 194 Å². The summed E-state index contributed by atoms with van der Waals surface area (Å²) in [6.07, 6.45) is 29.4. The van der Waals surface area contributed by atoms with Crippen molar-refractivity contribution in [3.8, 4) is 30.1 Å². The molecular formula is C107H146N32O6. The molecule has 5 aliphatic rings. The van der Waals surface area contributed by atoms with Gasteiger partial charge in [-0.05, 0) is 147 Å². The van der Waals surface area contributed by atoms with Gasteiger partial charge < -0.3 is 67.3 Å². The molecule has 5 aromatic carbocycles. The summed E-state index contributed by atoms with van der Waals surface area (Å²) in [6, 6.07) is 45.1. The van der Waals surface area contributed by atoms with Gasteiger partial charge in [0, 0.05) is 130 Å². The highest BCUT2D eigenvalue weighted by Gasteiger charge is 2.24. The molecule has 10 aromatic heterocycles. The Morgan fingerprint density at radius 1 is 0.290 bits per heavy atom. The number of fused-ring (bicyclic) bond motifs is 5. The number of nitrogens with zero attached hydrogens (tertiary/aromatic N) is 26. The molecule has 0 bridgehead atoms. The van der Waals surface area contributed by atoms with E-state index in [2.05, 4.69) is 273 Å². The van der Waals surface area contributed by atoms with E-state index >= 15 is 0 Å². The molecule has 38 nitrogen and oxygen atoms in total. The molecule has 15 heterocycles. The van der Waals surface area contributed by atoms with Crippen molar-refractivity contribution in [2.75, 3.05) is 174 Å². The number of hydrogen-bond acceptors (Lipinski definition) is 33. The second-order valence-electron chi connectivity index (χ2n) is 38.1. The van der Waals surface area contributed by atoms with Crippen LogP contribution in [0.5, 0.6) is 30.1 Å². The molecule has 0 aliphatic carbocycles. The van der Waals surface area contributed by atoms with E-state index < -0.39 is 0 Å². The first-order valence-electron chi connectivity index (χ1n) is 52.2. The Morgan fingerprint density at radius 2 is 0.579 bits per heavy atom. The van der Waals surface area contributed by atoms with Crippen LogP contribution in [0.25, 0.3) is 28.2 Å². The van der Waals surface area contributed by atoms with Crippen molar-refractivity contribution in [3.63, 3.8) is 0 Å². The summed E-state index contributed by atoms with van der Waals surface area (Å²) in [5.41, 5.74) is 50.9. The SMILES string of the molecule is CCCCOc1nc(N)c2ncc(Cc3ccc(CN4CCNCC4)cc3)n2n1.CCCCOc1nc(N)c2ncc(Cc3cccc(CN4CCCC4)c3)n2n1.CCCCOc1nc(N)c2ncc(Cc3cccc(CN4CCCCC4)c3)n2n1.CCCCOc1nc(N)c2ncc(Cc3cccc(CN4CCN(C)CC4)c3)n2n1.CCCCOc1nc(N)c2ncc(Cc3ccccc3CN3CCOCC3)n2n1. The molecule has 20 rings (SSSR count). The average molecular weight is 1980 g/mol. The molecule has 11 N–H and O–H groups in total. The van der Waals surface area contributed by atoms with E-state index in [1.807, 2.05) is 31.0 Å². The summed E-state index contributed by atoms with van der Waals surface area (Å²) in [5, 5.41) is 25.9. The summed E-state index contributed by atoms with van der Waals surface area (Å²) in [4.78, 5) is 58.1. The number of piperidine rings is 1. The Bertz CT molecular complexity index is 6550. The van der Waals surface area contributed by atoms with Crippen molar-refractivity contribution < 1.29 is 28.4 Å². The first-order chi connectivity index (χ1) is 71.0. The van der Waals surface area contributed by atoms with Crippen LogP contribution in [0.3, 0.4) is 0 Å². The van der Waals surface area contributed by atoms with Crippen LogP contribution in [0, 0.1) is 0 Å². The van der Waals surface area contributed by atoms with Crippen LogP contribution in [0.1, 0.15) is 215 Å². The van der Waals surface area contributed by atoms with E-state index in [-0.39, 0.29) is 0 Å². The number of nitrogens with two attached hydrogens (primary N) is 5. The van der Waals surface area contributed by atoms with Crippen LogP contribution in [-0.2, 0) is 69.6 Å². The van der Waals surface area contributed by atoms with E-state index in [1.54, 1.807) is 22.6 Å². The highest BCUT2D eigenvalue weighted by molar-refractivity contribution is 5.63. The van der Waals surface area contributed by atoms with E-state index in [4.69, 9.17) is 57.1 Å². The Morgan fingerprint density at radius 3 is 0.931 bits per heavy atom. The number of unbranched alkanes of at least 4 members (excludes halogenated alkanes) is 5. The number of nitrogen functional groups attached to an aromatic ring is 5. The predicted octanol–water partition coefficient (Wildman–Crippen LogP) is 12.9. The van der Waals surface area contributed by atoms with E-state index in [0.29, 0.717) is 127 Å². The Labute approximate surface area is 849 Å². The lowest BCUT2D eigenvalue weighted by atomic mass is 10.0. The zero-order chi connectivity index (χ0) is 100. The van der Waals surface area contributed by atoms with Crippen molar-refractivity contribution in [3.05, 3.63) is 236 Å². The maximum absolute atomic E-state index is 6.09. The topological polar surface area (TPSA) is 432 Å². The number of imidazole rings is 5.